The van der Waals surface area contributed by atoms with Gasteiger partial charge in [0.15, 0.2) is 6.10 Å². The molecular formula is C20H21FN2O4S. The van der Waals surface area contributed by atoms with Crippen LogP contribution in [0.3, 0.4) is 0 Å². The van der Waals surface area contributed by atoms with Crippen LogP contribution in [0.1, 0.15) is 13.8 Å². The smallest absolute Gasteiger partial charge is 0.319 e. The number of amides is 2. The topological polar surface area (TPSA) is 84.5 Å². The minimum atomic E-state index is -0.969. The largest absolute Gasteiger partial charge is 0.452 e. The van der Waals surface area contributed by atoms with E-state index in [-0.39, 0.29) is 11.7 Å². The molecule has 0 bridgehead atoms. The molecule has 28 heavy (non-hydrogen) atoms. The van der Waals surface area contributed by atoms with Crippen LogP contribution in [0.25, 0.3) is 0 Å². The Hall–Kier alpha value is -2.87. The molecule has 0 saturated carbocycles. The summed E-state index contributed by atoms with van der Waals surface area (Å²) in [6.07, 6.45) is -0.969. The summed E-state index contributed by atoms with van der Waals surface area (Å²) in [6.45, 7) is 3.08. The van der Waals surface area contributed by atoms with Crippen molar-refractivity contribution in [3.63, 3.8) is 0 Å². The van der Waals surface area contributed by atoms with Crippen LogP contribution in [-0.4, -0.2) is 34.9 Å². The summed E-state index contributed by atoms with van der Waals surface area (Å²) in [5.74, 6) is -1.74. The van der Waals surface area contributed by atoms with Crippen molar-refractivity contribution >= 4 is 40.9 Å². The number of anilines is 2. The molecule has 0 radical (unpaired) electrons. The van der Waals surface area contributed by atoms with Crippen LogP contribution in [0.4, 0.5) is 15.8 Å². The number of esters is 1. The van der Waals surface area contributed by atoms with E-state index in [9.17, 15) is 18.8 Å². The standard InChI is InChI=1S/C20H21FN2O4S/c1-13(19(25)23-16-6-4-3-5-7-16)27-20(26)14(2)28-12-18(24)22-17-10-8-15(21)9-11-17/h3-11,13-14H,12H2,1-2H3,(H,22,24)(H,23,25)/t13-,14-/m1/s1. The Bertz CT molecular complexity index is 815. The number of carbonyl (C=O) groups is 3. The minimum absolute atomic E-state index is 0.0121. The third-order valence-electron chi connectivity index (χ3n) is 3.63. The van der Waals surface area contributed by atoms with Gasteiger partial charge in [0.1, 0.15) is 11.1 Å². The zero-order chi connectivity index (χ0) is 20.5. The van der Waals surface area contributed by atoms with Crippen molar-refractivity contribution in [2.45, 2.75) is 25.2 Å². The van der Waals surface area contributed by atoms with E-state index >= 15 is 0 Å². The van der Waals surface area contributed by atoms with Gasteiger partial charge in [-0.25, -0.2) is 4.39 Å². The van der Waals surface area contributed by atoms with Crippen molar-refractivity contribution in [1.29, 1.82) is 0 Å². The van der Waals surface area contributed by atoms with Crippen molar-refractivity contribution < 1.29 is 23.5 Å². The van der Waals surface area contributed by atoms with E-state index in [1.54, 1.807) is 31.2 Å². The van der Waals surface area contributed by atoms with Crippen LogP contribution in [0.5, 0.6) is 0 Å². The first-order valence-electron chi connectivity index (χ1n) is 8.58. The van der Waals surface area contributed by atoms with E-state index in [2.05, 4.69) is 10.6 Å². The second kappa shape index (κ2) is 10.5. The van der Waals surface area contributed by atoms with Crippen LogP contribution in [0, 0.1) is 5.82 Å². The van der Waals surface area contributed by atoms with Gasteiger partial charge in [-0.1, -0.05) is 18.2 Å². The first-order chi connectivity index (χ1) is 13.3. The van der Waals surface area contributed by atoms with Gasteiger partial charge in [-0.2, -0.15) is 0 Å². The Morgan fingerprint density at radius 2 is 1.57 bits per heavy atom. The van der Waals surface area contributed by atoms with Gasteiger partial charge in [0.25, 0.3) is 5.91 Å². The van der Waals surface area contributed by atoms with Gasteiger partial charge < -0.3 is 15.4 Å². The number of para-hydroxylation sites is 1. The highest BCUT2D eigenvalue weighted by Gasteiger charge is 2.23. The Balaban J connectivity index is 1.74. The lowest BCUT2D eigenvalue weighted by Crippen LogP contribution is -2.32. The number of nitrogens with one attached hydrogen (secondary N) is 2. The maximum atomic E-state index is 12.9. The van der Waals surface area contributed by atoms with Crippen LogP contribution in [-0.2, 0) is 19.1 Å². The molecular weight excluding hydrogens is 383 g/mol. The highest BCUT2D eigenvalue weighted by molar-refractivity contribution is 8.01. The van der Waals surface area contributed by atoms with Crippen molar-refractivity contribution in [2.75, 3.05) is 16.4 Å². The molecule has 2 aromatic rings. The van der Waals surface area contributed by atoms with Gasteiger partial charge in [0.05, 0.1) is 5.75 Å². The van der Waals surface area contributed by atoms with Gasteiger partial charge in [-0.15, -0.1) is 11.8 Å². The summed E-state index contributed by atoms with van der Waals surface area (Å²) in [5, 5.41) is 4.63. The second-order valence-electron chi connectivity index (χ2n) is 5.94. The maximum Gasteiger partial charge on any atom is 0.319 e. The van der Waals surface area contributed by atoms with Gasteiger partial charge >= 0.3 is 5.97 Å². The van der Waals surface area contributed by atoms with E-state index in [1.807, 2.05) is 6.07 Å². The zero-order valence-corrected chi connectivity index (χ0v) is 16.3. The lowest BCUT2D eigenvalue weighted by Gasteiger charge is -2.16. The fourth-order valence-corrected chi connectivity index (χ4v) is 2.75. The highest BCUT2D eigenvalue weighted by Crippen LogP contribution is 2.15. The van der Waals surface area contributed by atoms with Crippen LogP contribution in [0.2, 0.25) is 0 Å². The van der Waals surface area contributed by atoms with Crippen molar-refractivity contribution in [3.8, 4) is 0 Å². The summed E-state index contributed by atoms with van der Waals surface area (Å²) in [5.41, 5.74) is 1.07. The molecule has 2 N–H and O–H groups in total. The minimum Gasteiger partial charge on any atom is -0.452 e. The fourth-order valence-electron chi connectivity index (χ4n) is 2.09. The Morgan fingerprint density at radius 1 is 0.964 bits per heavy atom. The van der Waals surface area contributed by atoms with Crippen molar-refractivity contribution in [3.05, 3.63) is 60.4 Å². The average Bonchev–Trinajstić information content (AvgIpc) is 2.68. The highest BCUT2D eigenvalue weighted by atomic mass is 32.2. The third kappa shape index (κ3) is 7.03. The molecule has 8 heteroatoms. The third-order valence-corrected chi connectivity index (χ3v) is 4.75. The molecule has 0 aromatic heterocycles. The van der Waals surface area contributed by atoms with Crippen LogP contribution in [0.15, 0.2) is 54.6 Å². The van der Waals surface area contributed by atoms with Crippen molar-refractivity contribution in [1.82, 2.24) is 0 Å². The first kappa shape index (κ1) is 21.4. The molecule has 2 aromatic carbocycles. The molecule has 0 fully saturated rings. The lowest BCUT2D eigenvalue weighted by molar-refractivity contribution is -0.152. The normalized spacial score (nSPS) is 12.5. The molecule has 0 aliphatic carbocycles. The molecule has 148 valence electrons. The van der Waals surface area contributed by atoms with Gasteiger partial charge in [0, 0.05) is 11.4 Å². The number of halogens is 1. The number of ether oxygens (including phenoxy) is 1. The second-order valence-corrected chi connectivity index (χ2v) is 7.27. The summed E-state index contributed by atoms with van der Waals surface area (Å²) in [6, 6.07) is 14.2. The van der Waals surface area contributed by atoms with E-state index in [0.29, 0.717) is 11.4 Å². The molecule has 0 heterocycles. The zero-order valence-electron chi connectivity index (χ0n) is 15.5. The summed E-state index contributed by atoms with van der Waals surface area (Å²) in [4.78, 5) is 36.1. The number of carbonyl (C=O) groups excluding carboxylic acids is 3. The first-order valence-corrected chi connectivity index (χ1v) is 9.63. The Morgan fingerprint density at radius 3 is 2.21 bits per heavy atom. The molecule has 0 aliphatic heterocycles. The molecule has 0 saturated heterocycles. The molecule has 2 atom stereocenters. The number of thioether (sulfide) groups is 1. The lowest BCUT2D eigenvalue weighted by atomic mass is 10.3. The van der Waals surface area contributed by atoms with Gasteiger partial charge in [-0.05, 0) is 50.2 Å². The molecule has 6 nitrogen and oxygen atoms in total. The summed E-state index contributed by atoms with van der Waals surface area (Å²) in [7, 11) is 0. The Labute approximate surface area is 166 Å². The predicted molar refractivity (Wildman–Crippen MR) is 108 cm³/mol. The monoisotopic (exact) mass is 404 g/mol. The number of hydrogen-bond donors (Lipinski definition) is 2. The molecule has 2 rings (SSSR count). The van der Waals surface area contributed by atoms with Gasteiger partial charge in [0.2, 0.25) is 5.91 Å². The van der Waals surface area contributed by atoms with E-state index < -0.39 is 29.0 Å². The maximum absolute atomic E-state index is 12.9. The summed E-state index contributed by atoms with van der Waals surface area (Å²) >= 11 is 1.08. The number of rotatable bonds is 8. The average molecular weight is 404 g/mol. The van der Waals surface area contributed by atoms with E-state index in [0.717, 1.165) is 11.8 Å². The quantitative estimate of drug-likeness (QED) is 0.659. The molecule has 2 amide bonds. The molecule has 0 aliphatic rings. The van der Waals surface area contributed by atoms with E-state index in [4.69, 9.17) is 4.74 Å². The van der Waals surface area contributed by atoms with Crippen LogP contribution >= 0.6 is 11.8 Å². The predicted octanol–water partition coefficient (Wildman–Crippen LogP) is 3.46. The van der Waals surface area contributed by atoms with Crippen molar-refractivity contribution in [2.24, 2.45) is 0 Å². The molecule has 0 unspecified atom stereocenters. The SMILES string of the molecule is C[C@@H](OC(=O)[C@@H](C)SCC(=O)Nc1ccc(F)cc1)C(=O)Nc1ccccc1. The summed E-state index contributed by atoms with van der Waals surface area (Å²) < 4.78 is 18.0. The Kier molecular flexibility index (Phi) is 8.01. The fraction of sp³-hybridized carbons (Fsp3) is 0.250. The number of benzene rings is 2. The van der Waals surface area contributed by atoms with Gasteiger partial charge in [-0.3, -0.25) is 14.4 Å². The van der Waals surface area contributed by atoms with Crippen LogP contribution < -0.4 is 10.6 Å². The van der Waals surface area contributed by atoms with E-state index in [1.165, 1.54) is 31.2 Å². The molecule has 0 spiro atoms. The number of hydrogen-bond acceptors (Lipinski definition) is 5.